The predicted octanol–water partition coefficient (Wildman–Crippen LogP) is 2.71. The van der Waals surface area contributed by atoms with Gasteiger partial charge < -0.3 is 10.4 Å². The fraction of sp³-hybridized carbons (Fsp3) is 0.421. The lowest BCUT2D eigenvalue weighted by Gasteiger charge is -2.56. The van der Waals surface area contributed by atoms with Crippen LogP contribution in [-0.2, 0) is 9.84 Å². The van der Waals surface area contributed by atoms with Crippen molar-refractivity contribution in [1.29, 1.82) is 0 Å². The Hall–Kier alpha value is -2.03. The fourth-order valence-electron chi connectivity index (χ4n) is 4.24. The molecule has 3 saturated carbocycles. The Kier molecular flexibility index (Phi) is 4.68. The molecule has 7 nitrogen and oxygen atoms in total. The molecule has 2 aromatic rings. The quantitative estimate of drug-likeness (QED) is 0.785. The second-order valence-electron chi connectivity index (χ2n) is 7.68. The van der Waals surface area contributed by atoms with Gasteiger partial charge in [0.15, 0.2) is 15.7 Å². The fourth-order valence-corrected chi connectivity index (χ4v) is 6.64. The molecule has 9 heteroatoms. The molecule has 2 unspecified atom stereocenters. The Morgan fingerprint density at radius 3 is 2.57 bits per heavy atom. The van der Waals surface area contributed by atoms with Crippen molar-refractivity contribution in [3.8, 4) is 0 Å². The van der Waals surface area contributed by atoms with Crippen molar-refractivity contribution in [3.05, 3.63) is 47.4 Å². The molecule has 1 aromatic heterocycles. The molecular weight excluding hydrogens is 402 g/mol. The molecule has 1 aromatic carbocycles. The number of halogens is 1. The topological polar surface area (TPSA) is 109 Å². The number of hydrogen-bond donors (Lipinski definition) is 2. The van der Waals surface area contributed by atoms with Crippen LogP contribution in [0.5, 0.6) is 0 Å². The Morgan fingerprint density at radius 2 is 1.96 bits per heavy atom. The molecule has 0 aliphatic heterocycles. The summed E-state index contributed by atoms with van der Waals surface area (Å²) in [6, 6.07) is 4.19. The molecule has 28 heavy (non-hydrogen) atoms. The van der Waals surface area contributed by atoms with Gasteiger partial charge in [0.05, 0.1) is 27.0 Å². The van der Waals surface area contributed by atoms with Gasteiger partial charge in [0, 0.05) is 18.0 Å². The molecule has 2 atom stereocenters. The zero-order valence-corrected chi connectivity index (χ0v) is 16.7. The molecule has 2 N–H and O–H groups in total. The molecular formula is C19H20ClN3O4S. The number of amides is 1. The van der Waals surface area contributed by atoms with Crippen molar-refractivity contribution in [2.24, 2.45) is 11.8 Å². The normalized spacial score (nSPS) is 29.0. The summed E-state index contributed by atoms with van der Waals surface area (Å²) in [6.07, 6.45) is 5.97. The Labute approximate surface area is 168 Å². The summed E-state index contributed by atoms with van der Waals surface area (Å²) in [7, 11) is -3.73. The van der Waals surface area contributed by atoms with Crippen LogP contribution in [0.2, 0.25) is 5.02 Å². The molecule has 1 amide bonds. The summed E-state index contributed by atoms with van der Waals surface area (Å²) in [5, 5.41) is 12.4. The zero-order chi connectivity index (χ0) is 20.1. The van der Waals surface area contributed by atoms with E-state index in [1.165, 1.54) is 36.8 Å². The average molecular weight is 422 g/mol. The molecule has 0 radical (unpaired) electrons. The summed E-state index contributed by atoms with van der Waals surface area (Å²) in [5.74, 6) is -0.273. The number of aliphatic hydroxyl groups is 1. The van der Waals surface area contributed by atoms with E-state index in [-0.39, 0.29) is 33.1 Å². The van der Waals surface area contributed by atoms with Gasteiger partial charge in [-0.3, -0.25) is 9.78 Å². The minimum Gasteiger partial charge on any atom is -0.390 e. The number of carbonyl (C=O) groups is 1. The van der Waals surface area contributed by atoms with E-state index in [2.05, 4.69) is 15.3 Å². The third kappa shape index (κ3) is 3.19. The number of aromatic nitrogens is 2. The van der Waals surface area contributed by atoms with Crippen LogP contribution in [0.4, 0.5) is 5.82 Å². The highest BCUT2D eigenvalue weighted by Gasteiger charge is 2.57. The third-order valence-corrected chi connectivity index (χ3v) is 8.72. The number of sulfone groups is 1. The number of nitrogens with one attached hydrogen (secondary N) is 1. The molecule has 1 heterocycles. The van der Waals surface area contributed by atoms with E-state index in [4.69, 9.17) is 11.6 Å². The van der Waals surface area contributed by atoms with Gasteiger partial charge in [0.2, 0.25) is 0 Å². The van der Waals surface area contributed by atoms with Crippen molar-refractivity contribution in [2.75, 3.05) is 5.32 Å². The number of anilines is 1. The second-order valence-corrected chi connectivity index (χ2v) is 10.3. The standard InChI is InChI=1S/C19H20ClN3O4S/c1-19(25)12-7-13(19)9-14(8-12)28(26,27)16-6-11(2-3-15(16)20)18(24)23-17-10-21-4-5-22-17/h2-6,10,12-14,25H,7-9H2,1H3,(H,22,23,24). The predicted molar refractivity (Wildman–Crippen MR) is 104 cm³/mol. The van der Waals surface area contributed by atoms with Crippen molar-refractivity contribution in [2.45, 2.75) is 41.9 Å². The van der Waals surface area contributed by atoms with E-state index in [1.807, 2.05) is 0 Å². The highest BCUT2D eigenvalue weighted by atomic mass is 35.5. The smallest absolute Gasteiger partial charge is 0.256 e. The van der Waals surface area contributed by atoms with Gasteiger partial charge in [-0.25, -0.2) is 13.4 Å². The molecule has 148 valence electrons. The van der Waals surface area contributed by atoms with E-state index in [0.29, 0.717) is 12.8 Å². The van der Waals surface area contributed by atoms with Crippen LogP contribution in [0.25, 0.3) is 0 Å². The van der Waals surface area contributed by atoms with Crippen LogP contribution in [0.1, 0.15) is 36.5 Å². The maximum Gasteiger partial charge on any atom is 0.256 e. The van der Waals surface area contributed by atoms with Gasteiger partial charge >= 0.3 is 0 Å². The number of nitrogens with zero attached hydrogens (tertiary/aromatic N) is 2. The highest BCUT2D eigenvalue weighted by molar-refractivity contribution is 7.92. The van der Waals surface area contributed by atoms with Gasteiger partial charge in [-0.1, -0.05) is 11.6 Å². The van der Waals surface area contributed by atoms with Crippen LogP contribution in [0.15, 0.2) is 41.7 Å². The first kappa shape index (κ1) is 19.3. The van der Waals surface area contributed by atoms with Crippen molar-refractivity contribution in [3.63, 3.8) is 0 Å². The Morgan fingerprint density at radius 1 is 1.25 bits per heavy atom. The summed E-state index contributed by atoms with van der Waals surface area (Å²) in [6.45, 7) is 1.78. The molecule has 3 aliphatic carbocycles. The molecule has 3 aliphatic rings. The lowest BCUT2D eigenvalue weighted by molar-refractivity contribution is -0.162. The first-order valence-electron chi connectivity index (χ1n) is 9.02. The molecule has 0 saturated heterocycles. The Balaban J connectivity index is 1.59. The van der Waals surface area contributed by atoms with E-state index in [0.717, 1.165) is 6.42 Å². The number of rotatable bonds is 4. The number of carbonyl (C=O) groups excluding carboxylic acids is 1. The third-order valence-electron chi connectivity index (χ3n) is 6.06. The molecule has 3 fully saturated rings. The summed E-state index contributed by atoms with van der Waals surface area (Å²) < 4.78 is 26.4. The zero-order valence-electron chi connectivity index (χ0n) is 15.2. The second kappa shape index (κ2) is 6.79. The van der Waals surface area contributed by atoms with Crippen molar-refractivity contribution >= 4 is 33.2 Å². The summed E-state index contributed by atoms with van der Waals surface area (Å²) >= 11 is 6.19. The van der Waals surface area contributed by atoms with Crippen LogP contribution in [0, 0.1) is 11.8 Å². The lowest BCUT2D eigenvalue weighted by atomic mass is 9.54. The minimum atomic E-state index is -3.73. The summed E-state index contributed by atoms with van der Waals surface area (Å²) in [5.41, 5.74) is -0.615. The van der Waals surface area contributed by atoms with Crippen molar-refractivity contribution in [1.82, 2.24) is 9.97 Å². The van der Waals surface area contributed by atoms with Gasteiger partial charge in [0.1, 0.15) is 0 Å². The molecule has 0 spiro atoms. The number of hydrogen-bond acceptors (Lipinski definition) is 6. The maximum absolute atomic E-state index is 13.2. The maximum atomic E-state index is 13.2. The number of benzene rings is 1. The highest BCUT2D eigenvalue weighted by Crippen LogP contribution is 2.55. The van der Waals surface area contributed by atoms with E-state index in [9.17, 15) is 18.3 Å². The van der Waals surface area contributed by atoms with Gasteiger partial charge in [-0.05, 0) is 56.2 Å². The summed E-state index contributed by atoms with van der Waals surface area (Å²) in [4.78, 5) is 20.3. The first-order chi connectivity index (χ1) is 13.2. The van der Waals surface area contributed by atoms with E-state index < -0.39 is 26.6 Å². The first-order valence-corrected chi connectivity index (χ1v) is 10.9. The van der Waals surface area contributed by atoms with Crippen LogP contribution in [0.3, 0.4) is 0 Å². The molecule has 5 rings (SSSR count). The molecule has 2 bridgehead atoms. The monoisotopic (exact) mass is 421 g/mol. The van der Waals surface area contributed by atoms with Crippen LogP contribution in [-0.4, -0.2) is 40.3 Å². The SMILES string of the molecule is CC1(O)C2CC1CC(S(=O)(=O)c1cc(C(=O)Nc3cnccn3)ccc1Cl)C2. The van der Waals surface area contributed by atoms with Gasteiger partial charge in [0.25, 0.3) is 5.91 Å². The number of fused-ring (bicyclic) bond motifs is 2. The van der Waals surface area contributed by atoms with E-state index >= 15 is 0 Å². The van der Waals surface area contributed by atoms with Crippen LogP contribution >= 0.6 is 11.6 Å². The average Bonchev–Trinajstić information content (AvgIpc) is 2.68. The largest absolute Gasteiger partial charge is 0.390 e. The minimum absolute atomic E-state index is 0.0204. The van der Waals surface area contributed by atoms with Gasteiger partial charge in [-0.15, -0.1) is 0 Å². The van der Waals surface area contributed by atoms with Gasteiger partial charge in [-0.2, -0.15) is 0 Å². The van der Waals surface area contributed by atoms with Crippen LogP contribution < -0.4 is 5.32 Å². The van der Waals surface area contributed by atoms with Crippen molar-refractivity contribution < 1.29 is 18.3 Å². The lowest BCUT2D eigenvalue weighted by Crippen LogP contribution is -2.60. The Bertz CT molecular complexity index is 1010. The van der Waals surface area contributed by atoms with E-state index in [1.54, 1.807) is 6.92 Å².